The highest BCUT2D eigenvalue weighted by atomic mass is 32.2. The van der Waals surface area contributed by atoms with E-state index < -0.39 is 15.3 Å². The molecule has 1 aliphatic rings. The van der Waals surface area contributed by atoms with Gasteiger partial charge in [-0.05, 0) is 31.7 Å². The minimum Gasteiger partial charge on any atom is -0.506 e. The third-order valence-electron chi connectivity index (χ3n) is 3.97. The summed E-state index contributed by atoms with van der Waals surface area (Å²) >= 11 is 0. The summed E-state index contributed by atoms with van der Waals surface area (Å²) in [5, 5.41) is 17.8. The van der Waals surface area contributed by atoms with E-state index in [1.165, 1.54) is 44.8 Å². The van der Waals surface area contributed by atoms with Crippen molar-refractivity contribution in [2.24, 2.45) is 4.99 Å². The lowest BCUT2D eigenvalue weighted by Gasteiger charge is -2.16. The van der Waals surface area contributed by atoms with E-state index in [0.717, 1.165) is 0 Å². The topological polar surface area (TPSA) is 128 Å². The zero-order valence-electron chi connectivity index (χ0n) is 16.2. The van der Waals surface area contributed by atoms with Crippen molar-refractivity contribution in [3.05, 3.63) is 41.6 Å². The second-order valence-corrected chi connectivity index (χ2v) is 8.36. The number of aromatic nitrogens is 3. The van der Waals surface area contributed by atoms with Gasteiger partial charge in [-0.25, -0.2) is 13.4 Å². The summed E-state index contributed by atoms with van der Waals surface area (Å²) in [6.45, 7) is 3.05. The lowest BCUT2D eigenvalue weighted by Crippen LogP contribution is -2.24. The summed E-state index contributed by atoms with van der Waals surface area (Å²) in [6, 6.07) is 4.62. The van der Waals surface area contributed by atoms with Crippen LogP contribution in [-0.2, 0) is 14.8 Å². The summed E-state index contributed by atoms with van der Waals surface area (Å²) in [7, 11) is -0.891. The van der Waals surface area contributed by atoms with Crippen LogP contribution in [0.15, 0.2) is 40.7 Å². The van der Waals surface area contributed by atoms with Crippen LogP contribution < -0.4 is 9.46 Å². The third kappa shape index (κ3) is 3.88. The van der Waals surface area contributed by atoms with Gasteiger partial charge in [-0.15, -0.1) is 10.2 Å². The summed E-state index contributed by atoms with van der Waals surface area (Å²) < 4.78 is 39.0. The highest BCUT2D eigenvalue weighted by Crippen LogP contribution is 2.36. The first-order chi connectivity index (χ1) is 13.8. The number of methoxy groups -OCH3 is 2. The quantitative estimate of drug-likeness (QED) is 0.686. The molecule has 2 heterocycles. The van der Waals surface area contributed by atoms with E-state index in [1.54, 1.807) is 12.1 Å². The molecule has 0 saturated carbocycles. The lowest BCUT2D eigenvalue weighted by molar-refractivity contribution is 0.404. The second kappa shape index (κ2) is 7.84. The molecule has 0 atom stereocenters. The molecule has 0 fully saturated rings. The minimum absolute atomic E-state index is 0.0985. The summed E-state index contributed by atoms with van der Waals surface area (Å²) in [5.74, 6) is 0.292. The number of rotatable bonds is 6. The Morgan fingerprint density at radius 3 is 2.62 bits per heavy atom. The molecule has 1 aromatic carbocycles. The van der Waals surface area contributed by atoms with Crippen LogP contribution in [0.4, 0.5) is 5.95 Å². The predicted molar refractivity (Wildman–Crippen MR) is 107 cm³/mol. The summed E-state index contributed by atoms with van der Waals surface area (Å²) in [5.41, 5.74) is 5.85. The Morgan fingerprint density at radius 2 is 1.97 bits per heavy atom. The molecule has 0 spiro atoms. The fraction of sp³-hybridized carbons (Fsp3) is 0.278. The van der Waals surface area contributed by atoms with E-state index >= 15 is 0 Å². The Hall–Kier alpha value is -3.52. The fourth-order valence-electron chi connectivity index (χ4n) is 2.41. The number of sulfonamides is 1. The maximum absolute atomic E-state index is 12.4. The Labute approximate surface area is 167 Å². The maximum atomic E-state index is 12.4. The highest BCUT2D eigenvalue weighted by molar-refractivity contribution is 7.93. The van der Waals surface area contributed by atoms with Gasteiger partial charge in [0.05, 0.1) is 25.5 Å². The number of nitrogens with zero attached hydrogens (tertiary/aromatic N) is 4. The molecule has 29 heavy (non-hydrogen) atoms. The zero-order chi connectivity index (χ0) is 21.2. The van der Waals surface area contributed by atoms with E-state index in [9.17, 15) is 13.5 Å². The Kier molecular flexibility index (Phi) is 5.47. The van der Waals surface area contributed by atoms with Crippen LogP contribution >= 0.6 is 0 Å². The number of anilines is 1. The largest absolute Gasteiger partial charge is 0.506 e. The van der Waals surface area contributed by atoms with Crippen molar-refractivity contribution in [1.82, 2.24) is 14.8 Å². The van der Waals surface area contributed by atoms with Crippen LogP contribution in [0.1, 0.15) is 19.7 Å². The Balaban J connectivity index is 2.30. The van der Waals surface area contributed by atoms with E-state index in [0.29, 0.717) is 0 Å². The number of phenolic OH excluding ortho intramolecular Hbond substituents is 1. The van der Waals surface area contributed by atoms with Crippen LogP contribution in [-0.4, -0.2) is 53.7 Å². The summed E-state index contributed by atoms with van der Waals surface area (Å²) in [6.07, 6.45) is 1.48. The number of ether oxygens (including phenoxy) is 2. The molecule has 10 nitrogen and oxygen atoms in total. The molecule has 1 aliphatic heterocycles. The number of aliphatic imine (C=N–C) groups is 1. The average molecular weight is 417 g/mol. The van der Waals surface area contributed by atoms with Gasteiger partial charge in [0, 0.05) is 0 Å². The van der Waals surface area contributed by atoms with Gasteiger partial charge in [0.15, 0.2) is 11.5 Å². The van der Waals surface area contributed by atoms with Crippen LogP contribution in [0.3, 0.4) is 0 Å². The number of benzene rings is 1. The fourth-order valence-corrected chi connectivity index (χ4v) is 3.03. The molecular weight excluding hydrogens is 398 g/mol. The minimum atomic E-state index is -3.75. The molecule has 0 unspecified atom stereocenters. The van der Waals surface area contributed by atoms with Crippen molar-refractivity contribution in [3.8, 4) is 17.2 Å². The molecule has 0 radical (unpaired) electrons. The van der Waals surface area contributed by atoms with Gasteiger partial charge in [-0.1, -0.05) is 11.8 Å². The van der Waals surface area contributed by atoms with Crippen LogP contribution in [0.5, 0.6) is 11.5 Å². The van der Waals surface area contributed by atoms with Crippen molar-refractivity contribution < 1.29 is 23.0 Å². The van der Waals surface area contributed by atoms with Crippen molar-refractivity contribution in [2.75, 3.05) is 18.9 Å². The molecule has 3 rings (SSSR count). The second-order valence-electron chi connectivity index (χ2n) is 6.12. The Morgan fingerprint density at radius 1 is 1.21 bits per heavy atom. The standard InChI is InChI=1S/C18H19N5O5S/c1-11(2)29(25,26)22-18-21-20-17(12-7-5-10-15(19-12)28-4)23(18)16-13(24)8-6-9-14(16)27-3/h6,8-11,24H,1-4H3,(H,21,22). The lowest BCUT2D eigenvalue weighted by atomic mass is 10.2. The van der Waals surface area contributed by atoms with Gasteiger partial charge >= 0.3 is 0 Å². The number of nitrogens with one attached hydrogen (secondary N) is 1. The first kappa shape index (κ1) is 20.2. The third-order valence-corrected chi connectivity index (χ3v) is 5.68. The Bertz CT molecular complexity index is 1180. The van der Waals surface area contributed by atoms with Gasteiger partial charge in [-0.2, -0.15) is 0 Å². The number of phenols is 1. The van der Waals surface area contributed by atoms with Crippen LogP contribution in [0.25, 0.3) is 11.4 Å². The molecule has 2 aromatic rings. The molecule has 0 saturated heterocycles. The van der Waals surface area contributed by atoms with Gasteiger partial charge in [0.1, 0.15) is 17.2 Å². The molecule has 1 aromatic heterocycles. The highest BCUT2D eigenvalue weighted by Gasteiger charge is 2.27. The van der Waals surface area contributed by atoms with Crippen LogP contribution in [0.2, 0.25) is 0 Å². The van der Waals surface area contributed by atoms with Gasteiger partial charge < -0.3 is 14.6 Å². The van der Waals surface area contributed by atoms with E-state index in [2.05, 4.69) is 31.4 Å². The monoisotopic (exact) mass is 417 g/mol. The molecule has 0 amide bonds. The number of hydrogen-bond donors (Lipinski definition) is 2. The zero-order valence-corrected chi connectivity index (χ0v) is 17.0. The van der Waals surface area contributed by atoms with E-state index in [4.69, 9.17) is 9.47 Å². The molecule has 152 valence electrons. The molecule has 0 bridgehead atoms. The number of para-hydroxylation sites is 1. The van der Waals surface area contributed by atoms with Crippen molar-refractivity contribution in [1.29, 1.82) is 0 Å². The number of hydrogen-bond acceptors (Lipinski definition) is 8. The first-order valence-electron chi connectivity index (χ1n) is 8.46. The van der Waals surface area contributed by atoms with Gasteiger partial charge in [0.2, 0.25) is 21.9 Å². The van der Waals surface area contributed by atoms with E-state index in [1.807, 2.05) is 0 Å². The van der Waals surface area contributed by atoms with Crippen molar-refractivity contribution in [2.45, 2.75) is 19.1 Å². The smallest absolute Gasteiger partial charge is 0.243 e. The summed E-state index contributed by atoms with van der Waals surface area (Å²) in [4.78, 5) is 4.25. The molecule has 2 N–H and O–H groups in total. The molecular formula is C18H19N5O5S. The average Bonchev–Trinajstić information content (AvgIpc) is 3.10. The van der Waals surface area contributed by atoms with Crippen LogP contribution in [0, 0.1) is 0 Å². The normalized spacial score (nSPS) is 13.3. The van der Waals surface area contributed by atoms with Crippen molar-refractivity contribution >= 4 is 27.6 Å². The van der Waals surface area contributed by atoms with Crippen molar-refractivity contribution in [3.63, 3.8) is 0 Å². The van der Waals surface area contributed by atoms with Gasteiger partial charge in [-0.3, -0.25) is 9.29 Å². The first-order valence-corrected chi connectivity index (χ1v) is 10.0. The SMILES string of the molecule is COC1=NC(c2nnc(NS(=O)(=O)C(C)C)n2-c2c(O)cccc2OC)=C=C=C1. The molecule has 0 aliphatic carbocycles. The number of aromatic hydroxyl groups is 1. The van der Waals surface area contributed by atoms with Gasteiger partial charge in [0.25, 0.3) is 0 Å². The molecule has 11 heteroatoms. The predicted octanol–water partition coefficient (Wildman–Crippen LogP) is 1.84. The van der Waals surface area contributed by atoms with E-state index in [-0.39, 0.29) is 40.6 Å². The maximum Gasteiger partial charge on any atom is 0.243 e.